The SMILES string of the molecule is CCO[C@@H]1C[C@@H](OC(=O)c2csc(-c3ccco3)n2)C12CCC2. The topological polar surface area (TPSA) is 61.6 Å². The van der Waals surface area contributed by atoms with Gasteiger partial charge in [0.1, 0.15) is 6.10 Å². The average molecular weight is 333 g/mol. The van der Waals surface area contributed by atoms with Crippen molar-refractivity contribution in [3.8, 4) is 10.8 Å². The van der Waals surface area contributed by atoms with Crippen LogP contribution in [0.5, 0.6) is 0 Å². The van der Waals surface area contributed by atoms with Gasteiger partial charge in [-0.15, -0.1) is 11.3 Å². The van der Waals surface area contributed by atoms with Crippen LogP contribution in [0.15, 0.2) is 28.2 Å². The Labute approximate surface area is 138 Å². The lowest BCUT2D eigenvalue weighted by atomic mass is 9.52. The second kappa shape index (κ2) is 5.76. The largest absolute Gasteiger partial charge is 0.462 e. The van der Waals surface area contributed by atoms with Crippen molar-refractivity contribution in [2.24, 2.45) is 5.41 Å². The van der Waals surface area contributed by atoms with Crippen molar-refractivity contribution in [3.05, 3.63) is 29.5 Å². The van der Waals surface area contributed by atoms with E-state index in [-0.39, 0.29) is 23.6 Å². The van der Waals surface area contributed by atoms with Crippen molar-refractivity contribution in [1.29, 1.82) is 0 Å². The van der Waals surface area contributed by atoms with E-state index in [1.807, 2.05) is 13.0 Å². The number of carbonyl (C=O) groups excluding carboxylic acids is 1. The number of esters is 1. The Balaban J connectivity index is 1.43. The minimum Gasteiger partial charge on any atom is -0.462 e. The molecule has 122 valence electrons. The third kappa shape index (κ3) is 2.40. The van der Waals surface area contributed by atoms with E-state index in [1.54, 1.807) is 17.7 Å². The molecule has 1 spiro atoms. The van der Waals surface area contributed by atoms with Crippen LogP contribution in [-0.4, -0.2) is 29.8 Å². The zero-order valence-corrected chi connectivity index (χ0v) is 13.8. The summed E-state index contributed by atoms with van der Waals surface area (Å²) in [6, 6.07) is 3.63. The summed E-state index contributed by atoms with van der Waals surface area (Å²) in [5, 5.41) is 2.42. The molecule has 2 heterocycles. The van der Waals surface area contributed by atoms with Gasteiger partial charge in [-0.25, -0.2) is 9.78 Å². The molecule has 0 aromatic carbocycles. The second-order valence-electron chi connectivity index (χ2n) is 6.18. The normalized spacial score (nSPS) is 24.9. The summed E-state index contributed by atoms with van der Waals surface area (Å²) < 4.78 is 16.8. The fourth-order valence-corrected chi connectivity index (χ4v) is 4.37. The highest BCUT2D eigenvalue weighted by atomic mass is 32.1. The van der Waals surface area contributed by atoms with Crippen LogP contribution >= 0.6 is 11.3 Å². The smallest absolute Gasteiger partial charge is 0.358 e. The standard InChI is InChI=1S/C17H19NO4S/c1-2-20-13-9-14(17(13)6-4-7-17)22-16(19)11-10-23-15(18-11)12-5-3-8-21-12/h3,5,8,10,13-14H,2,4,6-7,9H2,1H3/t13-,14-/m1/s1. The van der Waals surface area contributed by atoms with Gasteiger partial charge in [0.05, 0.1) is 12.4 Å². The molecule has 23 heavy (non-hydrogen) atoms. The van der Waals surface area contributed by atoms with Crippen molar-refractivity contribution in [3.63, 3.8) is 0 Å². The van der Waals surface area contributed by atoms with Crippen LogP contribution in [0.1, 0.15) is 43.1 Å². The van der Waals surface area contributed by atoms with Gasteiger partial charge >= 0.3 is 5.97 Å². The molecular formula is C17H19NO4S. The Morgan fingerprint density at radius 2 is 2.35 bits per heavy atom. The summed E-state index contributed by atoms with van der Waals surface area (Å²) in [6.45, 7) is 2.73. The maximum Gasteiger partial charge on any atom is 0.358 e. The van der Waals surface area contributed by atoms with E-state index in [2.05, 4.69) is 4.98 Å². The van der Waals surface area contributed by atoms with Gasteiger partial charge < -0.3 is 13.9 Å². The van der Waals surface area contributed by atoms with E-state index in [1.165, 1.54) is 17.8 Å². The summed E-state index contributed by atoms with van der Waals surface area (Å²) in [5.41, 5.74) is 0.418. The number of rotatable bonds is 5. The van der Waals surface area contributed by atoms with E-state index in [4.69, 9.17) is 13.9 Å². The highest BCUT2D eigenvalue weighted by Crippen LogP contribution is 2.58. The Kier molecular flexibility index (Phi) is 3.73. The maximum atomic E-state index is 12.4. The summed E-state index contributed by atoms with van der Waals surface area (Å²) >= 11 is 1.39. The van der Waals surface area contributed by atoms with Crippen molar-refractivity contribution in [1.82, 2.24) is 4.98 Å². The first-order chi connectivity index (χ1) is 11.2. The van der Waals surface area contributed by atoms with Gasteiger partial charge in [0.2, 0.25) is 0 Å². The molecule has 2 aliphatic rings. The quantitative estimate of drug-likeness (QED) is 0.776. The van der Waals surface area contributed by atoms with Gasteiger partial charge in [0.25, 0.3) is 0 Å². The Morgan fingerprint density at radius 1 is 1.48 bits per heavy atom. The van der Waals surface area contributed by atoms with Gasteiger partial charge in [-0.2, -0.15) is 0 Å². The third-order valence-electron chi connectivity index (χ3n) is 5.06. The number of hydrogen-bond acceptors (Lipinski definition) is 6. The first-order valence-corrected chi connectivity index (χ1v) is 8.93. The van der Waals surface area contributed by atoms with Gasteiger partial charge in [-0.1, -0.05) is 6.42 Å². The van der Waals surface area contributed by atoms with Crippen molar-refractivity contribution < 1.29 is 18.7 Å². The molecule has 2 fully saturated rings. The lowest BCUT2D eigenvalue weighted by Crippen LogP contribution is -2.63. The van der Waals surface area contributed by atoms with Crippen LogP contribution < -0.4 is 0 Å². The Hall–Kier alpha value is -1.66. The molecule has 2 aromatic heterocycles. The minimum atomic E-state index is -0.342. The van der Waals surface area contributed by atoms with Crippen LogP contribution in [0, 0.1) is 5.41 Å². The number of carbonyl (C=O) groups is 1. The van der Waals surface area contributed by atoms with E-state index in [9.17, 15) is 4.79 Å². The fraction of sp³-hybridized carbons (Fsp3) is 0.529. The number of thiazole rings is 1. The summed E-state index contributed by atoms with van der Waals surface area (Å²) in [7, 11) is 0. The highest BCUT2D eigenvalue weighted by Gasteiger charge is 2.61. The number of aromatic nitrogens is 1. The van der Waals surface area contributed by atoms with Crippen LogP contribution in [0.3, 0.4) is 0 Å². The van der Waals surface area contributed by atoms with Crippen molar-refractivity contribution in [2.45, 2.75) is 44.8 Å². The molecule has 6 heteroatoms. The second-order valence-corrected chi connectivity index (χ2v) is 7.03. The number of furan rings is 1. The first kappa shape index (κ1) is 14.9. The van der Waals surface area contributed by atoms with E-state index >= 15 is 0 Å². The van der Waals surface area contributed by atoms with Gasteiger partial charge in [-0.05, 0) is 31.9 Å². The number of ether oxygens (including phenoxy) is 2. The molecular weight excluding hydrogens is 314 g/mol. The molecule has 2 saturated carbocycles. The maximum absolute atomic E-state index is 12.4. The van der Waals surface area contributed by atoms with Crippen LogP contribution in [0.2, 0.25) is 0 Å². The van der Waals surface area contributed by atoms with Crippen LogP contribution in [0.25, 0.3) is 10.8 Å². The Bertz CT molecular complexity index is 689. The molecule has 0 unspecified atom stereocenters. The highest BCUT2D eigenvalue weighted by molar-refractivity contribution is 7.13. The zero-order chi connectivity index (χ0) is 15.9. The summed E-state index contributed by atoms with van der Waals surface area (Å²) in [6.07, 6.45) is 5.97. The molecule has 5 nitrogen and oxygen atoms in total. The number of hydrogen-bond donors (Lipinski definition) is 0. The predicted octanol–water partition coefficient (Wildman–Crippen LogP) is 3.91. The zero-order valence-electron chi connectivity index (χ0n) is 13.0. The van der Waals surface area contributed by atoms with Gasteiger partial charge in [0, 0.05) is 23.8 Å². The van der Waals surface area contributed by atoms with Crippen LogP contribution in [0.4, 0.5) is 0 Å². The molecule has 2 atom stereocenters. The molecule has 2 aliphatic carbocycles. The van der Waals surface area contributed by atoms with Crippen molar-refractivity contribution >= 4 is 17.3 Å². The summed E-state index contributed by atoms with van der Waals surface area (Å²) in [5.74, 6) is 0.329. The molecule has 4 rings (SSSR count). The van der Waals surface area contributed by atoms with E-state index < -0.39 is 0 Å². The first-order valence-electron chi connectivity index (χ1n) is 8.05. The lowest BCUT2D eigenvalue weighted by Gasteiger charge is -2.59. The third-order valence-corrected chi connectivity index (χ3v) is 5.91. The predicted molar refractivity (Wildman–Crippen MR) is 85.3 cm³/mol. The molecule has 0 saturated heterocycles. The molecule has 0 bridgehead atoms. The van der Waals surface area contributed by atoms with Crippen molar-refractivity contribution in [2.75, 3.05) is 6.61 Å². The molecule has 0 N–H and O–H groups in total. The monoisotopic (exact) mass is 333 g/mol. The molecule has 2 aromatic rings. The van der Waals surface area contributed by atoms with E-state index in [0.29, 0.717) is 23.1 Å². The van der Waals surface area contributed by atoms with Gasteiger partial charge in [0.15, 0.2) is 16.5 Å². The Morgan fingerprint density at radius 3 is 3.00 bits per heavy atom. The summed E-state index contributed by atoms with van der Waals surface area (Å²) in [4.78, 5) is 16.7. The fourth-order valence-electron chi connectivity index (χ4n) is 3.61. The minimum absolute atomic E-state index is 0.0333. The average Bonchev–Trinajstić information content (AvgIpc) is 3.14. The molecule has 0 radical (unpaired) electrons. The van der Waals surface area contributed by atoms with Crippen LogP contribution in [-0.2, 0) is 9.47 Å². The molecule has 0 aliphatic heterocycles. The lowest BCUT2D eigenvalue weighted by molar-refractivity contribution is -0.225. The van der Waals surface area contributed by atoms with E-state index in [0.717, 1.165) is 19.3 Å². The number of nitrogens with zero attached hydrogens (tertiary/aromatic N) is 1. The van der Waals surface area contributed by atoms with Gasteiger partial charge in [-0.3, -0.25) is 0 Å². The molecule has 0 amide bonds.